The number of nitrogens with one attached hydrogen (secondary N) is 2. The first-order valence-corrected chi connectivity index (χ1v) is 6.93. The Labute approximate surface area is 119 Å². The van der Waals surface area contributed by atoms with E-state index in [1.54, 1.807) is 14.2 Å². The third kappa shape index (κ3) is 3.73. The first-order chi connectivity index (χ1) is 9.22. The molecule has 0 atom stereocenters. The highest BCUT2D eigenvalue weighted by molar-refractivity contribution is 7.80. The number of ether oxygens (including phenoxy) is 2. The molecule has 2 N–H and O–H groups in total. The van der Waals surface area contributed by atoms with E-state index in [9.17, 15) is 0 Å². The van der Waals surface area contributed by atoms with Crippen LogP contribution in [-0.4, -0.2) is 25.4 Å². The van der Waals surface area contributed by atoms with Crippen molar-refractivity contribution in [3.8, 4) is 11.5 Å². The molecule has 1 aromatic rings. The fourth-order valence-electron chi connectivity index (χ4n) is 2.33. The molecule has 0 spiro atoms. The van der Waals surface area contributed by atoms with Gasteiger partial charge in [-0.25, -0.2) is 0 Å². The van der Waals surface area contributed by atoms with E-state index in [4.69, 9.17) is 21.7 Å². The van der Waals surface area contributed by atoms with E-state index >= 15 is 0 Å². The van der Waals surface area contributed by atoms with Crippen molar-refractivity contribution in [3.05, 3.63) is 18.2 Å². The number of anilines is 1. The predicted molar refractivity (Wildman–Crippen MR) is 81.2 cm³/mol. The molecule has 0 radical (unpaired) electrons. The smallest absolute Gasteiger partial charge is 0.171 e. The zero-order valence-corrected chi connectivity index (χ0v) is 12.2. The zero-order valence-electron chi connectivity index (χ0n) is 11.4. The van der Waals surface area contributed by atoms with Crippen molar-refractivity contribution in [3.63, 3.8) is 0 Å². The Morgan fingerprint density at radius 1 is 1.21 bits per heavy atom. The lowest BCUT2D eigenvalue weighted by atomic mass is 10.2. The largest absolute Gasteiger partial charge is 0.497 e. The summed E-state index contributed by atoms with van der Waals surface area (Å²) in [6, 6.07) is 6.09. The summed E-state index contributed by atoms with van der Waals surface area (Å²) < 4.78 is 10.5. The first kappa shape index (κ1) is 13.9. The Morgan fingerprint density at radius 3 is 2.58 bits per heavy atom. The fourth-order valence-corrected chi connectivity index (χ4v) is 2.60. The van der Waals surface area contributed by atoms with Gasteiger partial charge in [-0.3, -0.25) is 0 Å². The summed E-state index contributed by atoms with van der Waals surface area (Å²) in [5, 5.41) is 7.16. The van der Waals surface area contributed by atoms with Gasteiger partial charge in [0.25, 0.3) is 0 Å². The number of rotatable bonds is 4. The Hall–Kier alpha value is -1.49. The molecule has 0 bridgehead atoms. The van der Waals surface area contributed by atoms with Gasteiger partial charge in [-0.2, -0.15) is 0 Å². The van der Waals surface area contributed by atoms with E-state index < -0.39 is 0 Å². The molecule has 0 aromatic heterocycles. The summed E-state index contributed by atoms with van der Waals surface area (Å²) in [5.41, 5.74) is 0.817. The van der Waals surface area contributed by atoms with E-state index in [0.29, 0.717) is 11.2 Å². The molecule has 104 valence electrons. The van der Waals surface area contributed by atoms with E-state index in [1.165, 1.54) is 25.7 Å². The molecule has 0 aliphatic heterocycles. The minimum Gasteiger partial charge on any atom is -0.497 e. The lowest BCUT2D eigenvalue weighted by molar-refractivity contribution is 0.405. The Morgan fingerprint density at radius 2 is 1.95 bits per heavy atom. The van der Waals surface area contributed by atoms with Crippen molar-refractivity contribution in [1.82, 2.24) is 5.32 Å². The molecule has 0 unspecified atom stereocenters. The molecule has 5 heteroatoms. The molecule has 2 rings (SSSR count). The summed E-state index contributed by atoms with van der Waals surface area (Å²) in [5.74, 6) is 1.52. The number of methoxy groups -OCH3 is 2. The maximum absolute atomic E-state index is 5.34. The van der Waals surface area contributed by atoms with Crippen LogP contribution in [-0.2, 0) is 0 Å². The van der Waals surface area contributed by atoms with Gasteiger partial charge in [0, 0.05) is 12.1 Å². The molecule has 1 aliphatic carbocycles. The third-order valence-corrected chi connectivity index (χ3v) is 3.57. The molecule has 1 aromatic carbocycles. The highest BCUT2D eigenvalue weighted by Crippen LogP contribution is 2.29. The zero-order chi connectivity index (χ0) is 13.7. The molecule has 1 fully saturated rings. The Kier molecular flexibility index (Phi) is 4.85. The maximum atomic E-state index is 5.34. The van der Waals surface area contributed by atoms with Gasteiger partial charge in [-0.1, -0.05) is 12.8 Å². The quantitative estimate of drug-likeness (QED) is 0.830. The highest BCUT2D eigenvalue weighted by atomic mass is 32.1. The van der Waals surface area contributed by atoms with Crippen LogP contribution in [0.2, 0.25) is 0 Å². The van der Waals surface area contributed by atoms with Crippen LogP contribution in [0.1, 0.15) is 25.7 Å². The number of hydrogen-bond acceptors (Lipinski definition) is 3. The van der Waals surface area contributed by atoms with Crippen molar-refractivity contribution in [2.75, 3.05) is 19.5 Å². The molecular formula is C14H20N2O2S. The van der Waals surface area contributed by atoms with Crippen molar-refractivity contribution < 1.29 is 9.47 Å². The second kappa shape index (κ2) is 6.61. The van der Waals surface area contributed by atoms with Gasteiger partial charge in [0.1, 0.15) is 11.5 Å². The van der Waals surface area contributed by atoms with Gasteiger partial charge < -0.3 is 20.1 Å². The van der Waals surface area contributed by atoms with E-state index in [1.807, 2.05) is 18.2 Å². The molecule has 0 heterocycles. The fraction of sp³-hybridized carbons (Fsp3) is 0.500. The van der Waals surface area contributed by atoms with Crippen LogP contribution in [0.5, 0.6) is 11.5 Å². The lowest BCUT2D eigenvalue weighted by Crippen LogP contribution is -2.36. The van der Waals surface area contributed by atoms with Crippen LogP contribution in [0.25, 0.3) is 0 Å². The SMILES string of the molecule is COc1ccc(OC)c(NC(=S)NC2CCCC2)c1. The minimum atomic E-state index is 0.497. The van der Waals surface area contributed by atoms with Crippen molar-refractivity contribution in [2.24, 2.45) is 0 Å². The van der Waals surface area contributed by atoms with Gasteiger partial charge in [0.05, 0.1) is 19.9 Å². The predicted octanol–water partition coefficient (Wildman–Crippen LogP) is 2.93. The standard InChI is InChI=1S/C14H20N2O2S/c1-17-11-7-8-13(18-2)12(9-11)16-14(19)15-10-5-3-4-6-10/h7-10H,3-6H2,1-2H3,(H2,15,16,19). The third-order valence-electron chi connectivity index (χ3n) is 3.35. The van der Waals surface area contributed by atoms with E-state index in [2.05, 4.69) is 10.6 Å². The summed E-state index contributed by atoms with van der Waals surface area (Å²) in [6.45, 7) is 0. The average Bonchev–Trinajstić information content (AvgIpc) is 2.91. The molecule has 4 nitrogen and oxygen atoms in total. The number of benzene rings is 1. The van der Waals surface area contributed by atoms with E-state index in [-0.39, 0.29) is 0 Å². The first-order valence-electron chi connectivity index (χ1n) is 6.52. The maximum Gasteiger partial charge on any atom is 0.171 e. The van der Waals surface area contributed by atoms with Gasteiger partial charge >= 0.3 is 0 Å². The van der Waals surface area contributed by atoms with Gasteiger partial charge in [0.2, 0.25) is 0 Å². The normalized spacial score (nSPS) is 15.1. The summed E-state index contributed by atoms with van der Waals surface area (Å²) in [6.07, 6.45) is 4.94. The molecule has 1 aliphatic rings. The highest BCUT2D eigenvalue weighted by Gasteiger charge is 2.16. The minimum absolute atomic E-state index is 0.497. The molecule has 1 saturated carbocycles. The van der Waals surface area contributed by atoms with Crippen LogP contribution in [0.3, 0.4) is 0 Å². The monoisotopic (exact) mass is 280 g/mol. The van der Waals surface area contributed by atoms with E-state index in [0.717, 1.165) is 17.2 Å². The average molecular weight is 280 g/mol. The summed E-state index contributed by atoms with van der Waals surface area (Å²) in [7, 11) is 3.28. The van der Waals surface area contributed by atoms with Crippen LogP contribution in [0, 0.1) is 0 Å². The summed E-state index contributed by atoms with van der Waals surface area (Å²) in [4.78, 5) is 0. The van der Waals surface area contributed by atoms with Crippen LogP contribution < -0.4 is 20.1 Å². The Balaban J connectivity index is 2.01. The second-order valence-corrected chi connectivity index (χ2v) is 5.05. The van der Waals surface area contributed by atoms with Crippen LogP contribution in [0.15, 0.2) is 18.2 Å². The van der Waals surface area contributed by atoms with Crippen molar-refractivity contribution >= 4 is 23.0 Å². The molecule has 19 heavy (non-hydrogen) atoms. The lowest BCUT2D eigenvalue weighted by Gasteiger charge is -2.17. The second-order valence-electron chi connectivity index (χ2n) is 4.65. The van der Waals surface area contributed by atoms with Crippen LogP contribution in [0.4, 0.5) is 5.69 Å². The van der Waals surface area contributed by atoms with Gasteiger partial charge in [0.15, 0.2) is 5.11 Å². The Bertz CT molecular complexity index is 445. The molecule has 0 saturated heterocycles. The van der Waals surface area contributed by atoms with Gasteiger partial charge in [-0.05, 0) is 37.2 Å². The molecule has 0 amide bonds. The van der Waals surface area contributed by atoms with Crippen molar-refractivity contribution in [1.29, 1.82) is 0 Å². The van der Waals surface area contributed by atoms with Gasteiger partial charge in [-0.15, -0.1) is 0 Å². The topological polar surface area (TPSA) is 42.5 Å². The number of hydrogen-bond donors (Lipinski definition) is 2. The molecular weight excluding hydrogens is 260 g/mol. The number of thiocarbonyl (C=S) groups is 1. The summed E-state index contributed by atoms with van der Waals surface area (Å²) >= 11 is 5.34. The van der Waals surface area contributed by atoms with Crippen molar-refractivity contribution in [2.45, 2.75) is 31.7 Å². The van der Waals surface area contributed by atoms with Crippen LogP contribution >= 0.6 is 12.2 Å².